The third kappa shape index (κ3) is 4.00. The first-order valence-corrected chi connectivity index (χ1v) is 13.0. The molecule has 184 valence electrons. The van der Waals surface area contributed by atoms with Crippen LogP contribution >= 0.6 is 0 Å². The quantitative estimate of drug-likeness (QED) is 0.231. The van der Waals surface area contributed by atoms with Crippen LogP contribution in [0.1, 0.15) is 105 Å². The topological polar surface area (TPSA) is 79.2 Å². The number of rotatable bonds is 7. The summed E-state index contributed by atoms with van der Waals surface area (Å²) < 4.78 is 0. The molecule has 0 saturated heterocycles. The van der Waals surface area contributed by atoms with Crippen molar-refractivity contribution in [1.29, 1.82) is 0 Å². The normalized spacial score (nSPS) is 43.6. The molecule has 5 nitrogen and oxygen atoms in total. The lowest BCUT2D eigenvalue weighted by Crippen LogP contribution is -2.53. The Morgan fingerprint density at radius 1 is 0.969 bits per heavy atom. The standard InChI is InChI=1S/C27H46O5/c1-24(2,31-29)13-6-14-27(5,32-30)23-10-9-21-20-8-7-18-17-19(28)11-15-25(18,3)22(20)12-16-26(21,23)4/h7,19-23,28-30H,6,8-17H2,1-5H3/t19-,20-,21-,22-,23-,25-,26-,27-/m0/s1. The monoisotopic (exact) mass is 450 g/mol. The fraction of sp³-hybridized carbons (Fsp3) is 0.926. The maximum Gasteiger partial charge on any atom is 0.104 e. The van der Waals surface area contributed by atoms with Crippen molar-refractivity contribution in [2.75, 3.05) is 0 Å². The van der Waals surface area contributed by atoms with E-state index in [1.54, 1.807) is 0 Å². The summed E-state index contributed by atoms with van der Waals surface area (Å²) in [5.41, 5.74) is 0.807. The summed E-state index contributed by atoms with van der Waals surface area (Å²) in [6, 6.07) is 0. The average molecular weight is 451 g/mol. The van der Waals surface area contributed by atoms with Gasteiger partial charge in [0.05, 0.1) is 11.7 Å². The predicted octanol–water partition coefficient (Wildman–Crippen LogP) is 6.61. The Bertz CT molecular complexity index is 719. The first kappa shape index (κ1) is 24.7. The molecule has 0 unspecified atom stereocenters. The second-order valence-corrected chi connectivity index (χ2v) is 12.9. The zero-order chi connectivity index (χ0) is 23.4. The van der Waals surface area contributed by atoms with Crippen molar-refractivity contribution in [2.45, 2.75) is 123 Å². The van der Waals surface area contributed by atoms with Gasteiger partial charge >= 0.3 is 0 Å². The zero-order valence-corrected chi connectivity index (χ0v) is 20.9. The molecule has 0 heterocycles. The summed E-state index contributed by atoms with van der Waals surface area (Å²) >= 11 is 0. The molecule has 0 aromatic heterocycles. The van der Waals surface area contributed by atoms with Gasteiger partial charge < -0.3 is 5.11 Å². The molecule has 32 heavy (non-hydrogen) atoms. The molecule has 5 heteroatoms. The second-order valence-electron chi connectivity index (χ2n) is 12.9. The summed E-state index contributed by atoms with van der Waals surface area (Å²) in [5, 5.41) is 29.4. The van der Waals surface area contributed by atoms with Crippen molar-refractivity contribution in [3.8, 4) is 0 Å². The highest BCUT2D eigenvalue weighted by molar-refractivity contribution is 5.25. The molecule has 0 spiro atoms. The number of allylic oxidation sites excluding steroid dienone is 1. The van der Waals surface area contributed by atoms with E-state index in [0.29, 0.717) is 17.8 Å². The van der Waals surface area contributed by atoms with Crippen LogP contribution in [0.3, 0.4) is 0 Å². The summed E-state index contributed by atoms with van der Waals surface area (Å²) in [7, 11) is 0. The fourth-order valence-electron chi connectivity index (χ4n) is 8.84. The Balaban J connectivity index is 1.52. The van der Waals surface area contributed by atoms with Gasteiger partial charge in [0.1, 0.15) is 5.60 Å². The van der Waals surface area contributed by atoms with E-state index in [4.69, 9.17) is 10.1 Å². The van der Waals surface area contributed by atoms with E-state index in [0.717, 1.165) is 57.3 Å². The van der Waals surface area contributed by atoms with E-state index in [9.17, 15) is 10.4 Å². The number of fused-ring (bicyclic) bond motifs is 5. The van der Waals surface area contributed by atoms with Crippen molar-refractivity contribution in [3.05, 3.63) is 11.6 Å². The number of hydrogen-bond acceptors (Lipinski definition) is 5. The predicted molar refractivity (Wildman–Crippen MR) is 125 cm³/mol. The molecule has 4 aliphatic carbocycles. The molecule has 0 aromatic carbocycles. The number of hydrogen-bond donors (Lipinski definition) is 3. The summed E-state index contributed by atoms with van der Waals surface area (Å²) in [6.07, 6.45) is 13.5. The molecule has 0 aliphatic heterocycles. The van der Waals surface area contributed by atoms with Crippen LogP contribution in [0.5, 0.6) is 0 Å². The van der Waals surface area contributed by atoms with Crippen molar-refractivity contribution >= 4 is 0 Å². The Kier molecular flexibility index (Phi) is 6.66. The molecule has 0 aromatic rings. The van der Waals surface area contributed by atoms with E-state index < -0.39 is 11.2 Å². The van der Waals surface area contributed by atoms with Crippen LogP contribution in [0.25, 0.3) is 0 Å². The minimum absolute atomic E-state index is 0.154. The molecule has 3 saturated carbocycles. The highest BCUT2D eigenvalue weighted by Crippen LogP contribution is 2.68. The average Bonchev–Trinajstić information content (AvgIpc) is 3.12. The SMILES string of the molecule is CC(C)(CCC[C@](C)(OO)[C@H]1CC[C@H]2[C@@H]3CC=C4C[C@@H](O)CC[C@]4(C)[C@H]3CC[C@@]21C)OO. The molecular weight excluding hydrogens is 404 g/mol. The Hall–Kier alpha value is -0.460. The van der Waals surface area contributed by atoms with Gasteiger partial charge in [0.2, 0.25) is 0 Å². The van der Waals surface area contributed by atoms with Gasteiger partial charge in [-0.2, -0.15) is 0 Å². The van der Waals surface area contributed by atoms with Crippen LogP contribution in [0.4, 0.5) is 0 Å². The van der Waals surface area contributed by atoms with E-state index in [-0.39, 0.29) is 16.9 Å². The Morgan fingerprint density at radius 3 is 2.41 bits per heavy atom. The molecule has 3 fully saturated rings. The van der Waals surface area contributed by atoms with E-state index in [2.05, 4.69) is 31.7 Å². The molecule has 0 radical (unpaired) electrons. The van der Waals surface area contributed by atoms with Crippen molar-refractivity contribution in [3.63, 3.8) is 0 Å². The van der Waals surface area contributed by atoms with Gasteiger partial charge in [-0.1, -0.05) is 25.5 Å². The first-order valence-electron chi connectivity index (χ1n) is 13.0. The summed E-state index contributed by atoms with van der Waals surface area (Å²) in [6.45, 7) is 10.8. The molecule has 4 rings (SSSR count). The van der Waals surface area contributed by atoms with Crippen molar-refractivity contribution in [2.24, 2.45) is 34.5 Å². The highest BCUT2D eigenvalue weighted by atomic mass is 17.1. The molecule has 8 atom stereocenters. The van der Waals surface area contributed by atoms with Gasteiger partial charge in [-0.3, -0.25) is 10.5 Å². The number of aliphatic hydroxyl groups excluding tert-OH is 1. The van der Waals surface area contributed by atoms with Crippen molar-refractivity contribution < 1.29 is 25.4 Å². The van der Waals surface area contributed by atoms with E-state index in [1.165, 1.54) is 24.8 Å². The minimum Gasteiger partial charge on any atom is -0.393 e. The van der Waals surface area contributed by atoms with Crippen LogP contribution in [0.15, 0.2) is 11.6 Å². The van der Waals surface area contributed by atoms with Crippen LogP contribution in [-0.4, -0.2) is 32.9 Å². The van der Waals surface area contributed by atoms with Crippen LogP contribution in [-0.2, 0) is 9.78 Å². The smallest absolute Gasteiger partial charge is 0.104 e. The maximum atomic E-state index is 10.2. The largest absolute Gasteiger partial charge is 0.393 e. The van der Waals surface area contributed by atoms with E-state index >= 15 is 0 Å². The summed E-state index contributed by atoms with van der Waals surface area (Å²) in [4.78, 5) is 9.91. The Labute approximate surface area is 194 Å². The fourth-order valence-corrected chi connectivity index (χ4v) is 8.84. The third-order valence-electron chi connectivity index (χ3n) is 10.7. The minimum atomic E-state index is -0.578. The lowest BCUT2D eigenvalue weighted by atomic mass is 9.46. The van der Waals surface area contributed by atoms with Gasteiger partial charge in [-0.25, -0.2) is 9.78 Å². The van der Waals surface area contributed by atoms with Crippen LogP contribution in [0, 0.1) is 34.5 Å². The van der Waals surface area contributed by atoms with Gasteiger partial charge in [-0.05, 0) is 126 Å². The first-order chi connectivity index (χ1) is 15.0. The van der Waals surface area contributed by atoms with Gasteiger partial charge in [0.15, 0.2) is 0 Å². The summed E-state index contributed by atoms with van der Waals surface area (Å²) in [5.74, 6) is 2.41. The van der Waals surface area contributed by atoms with Crippen LogP contribution in [0.2, 0.25) is 0 Å². The zero-order valence-electron chi connectivity index (χ0n) is 20.9. The molecule has 3 N–H and O–H groups in total. The molecule has 0 bridgehead atoms. The lowest BCUT2D eigenvalue weighted by Gasteiger charge is -2.59. The van der Waals surface area contributed by atoms with Crippen LogP contribution < -0.4 is 0 Å². The van der Waals surface area contributed by atoms with Gasteiger partial charge in [-0.15, -0.1) is 0 Å². The van der Waals surface area contributed by atoms with Gasteiger partial charge in [0.25, 0.3) is 0 Å². The Morgan fingerprint density at radius 2 is 1.72 bits per heavy atom. The third-order valence-corrected chi connectivity index (χ3v) is 10.7. The molecule has 0 amide bonds. The molecular formula is C27H46O5. The van der Waals surface area contributed by atoms with Gasteiger partial charge in [0, 0.05) is 0 Å². The number of aliphatic hydroxyl groups is 1. The van der Waals surface area contributed by atoms with E-state index in [1.807, 2.05) is 13.8 Å². The highest BCUT2D eigenvalue weighted by Gasteiger charge is 2.61. The van der Waals surface area contributed by atoms with Crippen molar-refractivity contribution in [1.82, 2.24) is 0 Å². The molecule has 4 aliphatic rings. The maximum absolute atomic E-state index is 10.2. The second kappa shape index (κ2) is 8.64. The lowest BCUT2D eigenvalue weighted by molar-refractivity contribution is -0.345.